The molecule has 6 aromatic carbocycles. The standard InChI is InChI=1S/C37H26BN/c1-4-15-27(16-5-1)37(28-17-6-2-7-18-28)30-21-10-12-25-34(30)39-35-26-13-11-23-32(35)38(29-19-8-3-9-20-29)33-24-14-22-31(37)36(33)39/h1-26H. The fourth-order valence-corrected chi connectivity index (χ4v) is 7.12. The lowest BCUT2D eigenvalue weighted by molar-refractivity contribution is 0.732. The minimum atomic E-state index is -0.450. The van der Waals surface area contributed by atoms with Crippen LogP contribution in [0.15, 0.2) is 158 Å². The first-order valence-corrected chi connectivity index (χ1v) is 13.7. The van der Waals surface area contributed by atoms with E-state index in [0.717, 1.165) is 0 Å². The van der Waals surface area contributed by atoms with Crippen molar-refractivity contribution in [1.29, 1.82) is 0 Å². The zero-order valence-corrected chi connectivity index (χ0v) is 21.5. The van der Waals surface area contributed by atoms with E-state index in [9.17, 15) is 0 Å². The van der Waals surface area contributed by atoms with Crippen molar-refractivity contribution in [2.75, 3.05) is 4.90 Å². The van der Waals surface area contributed by atoms with Crippen LogP contribution in [-0.4, -0.2) is 6.71 Å². The zero-order chi connectivity index (χ0) is 25.8. The van der Waals surface area contributed by atoms with Crippen molar-refractivity contribution in [3.05, 3.63) is 180 Å². The van der Waals surface area contributed by atoms with Gasteiger partial charge in [0.15, 0.2) is 0 Å². The van der Waals surface area contributed by atoms with Gasteiger partial charge in [0.2, 0.25) is 6.71 Å². The highest BCUT2D eigenvalue weighted by molar-refractivity contribution is 6.98. The molecule has 0 fully saturated rings. The number of hydrogen-bond donors (Lipinski definition) is 0. The molecule has 0 saturated heterocycles. The second-order valence-corrected chi connectivity index (χ2v) is 10.5. The summed E-state index contributed by atoms with van der Waals surface area (Å²) in [6.07, 6.45) is 0. The molecule has 39 heavy (non-hydrogen) atoms. The summed E-state index contributed by atoms with van der Waals surface area (Å²) in [6.45, 7) is 0.156. The molecule has 0 aliphatic carbocycles. The second kappa shape index (κ2) is 8.61. The summed E-state index contributed by atoms with van der Waals surface area (Å²) in [5, 5.41) is 0. The van der Waals surface area contributed by atoms with Gasteiger partial charge in [0.1, 0.15) is 0 Å². The van der Waals surface area contributed by atoms with Crippen molar-refractivity contribution in [2.24, 2.45) is 0 Å². The van der Waals surface area contributed by atoms with Gasteiger partial charge in [-0.25, -0.2) is 0 Å². The van der Waals surface area contributed by atoms with Gasteiger partial charge in [-0.1, -0.05) is 151 Å². The summed E-state index contributed by atoms with van der Waals surface area (Å²) in [7, 11) is 0. The molecule has 0 radical (unpaired) electrons. The first kappa shape index (κ1) is 22.2. The summed E-state index contributed by atoms with van der Waals surface area (Å²) >= 11 is 0. The predicted molar refractivity (Wildman–Crippen MR) is 164 cm³/mol. The molecule has 0 saturated carbocycles. The largest absolute Gasteiger partial charge is 0.311 e. The average Bonchev–Trinajstić information content (AvgIpc) is 3.02. The van der Waals surface area contributed by atoms with E-state index in [0.29, 0.717) is 0 Å². The van der Waals surface area contributed by atoms with Crippen LogP contribution in [0.4, 0.5) is 17.1 Å². The van der Waals surface area contributed by atoms with Crippen LogP contribution >= 0.6 is 0 Å². The summed E-state index contributed by atoms with van der Waals surface area (Å²) in [6, 6.07) is 58.0. The highest BCUT2D eigenvalue weighted by Crippen LogP contribution is 2.57. The van der Waals surface area contributed by atoms with E-state index in [1.54, 1.807) is 0 Å². The van der Waals surface area contributed by atoms with Crippen LogP contribution < -0.4 is 21.3 Å². The monoisotopic (exact) mass is 495 g/mol. The fraction of sp³-hybridized carbons (Fsp3) is 0.0270. The highest BCUT2D eigenvalue weighted by atomic mass is 15.2. The van der Waals surface area contributed by atoms with Crippen molar-refractivity contribution in [2.45, 2.75) is 5.41 Å². The second-order valence-electron chi connectivity index (χ2n) is 10.5. The smallest absolute Gasteiger partial charge is 0.246 e. The Bertz CT molecular complexity index is 1770. The Balaban J connectivity index is 1.56. The molecule has 1 nitrogen and oxygen atoms in total. The van der Waals surface area contributed by atoms with Crippen LogP contribution in [0.25, 0.3) is 0 Å². The lowest BCUT2D eigenvalue weighted by Crippen LogP contribution is -2.59. The Morgan fingerprint density at radius 2 is 0.923 bits per heavy atom. The highest BCUT2D eigenvalue weighted by Gasteiger charge is 2.49. The summed E-state index contributed by atoms with van der Waals surface area (Å²) in [5.74, 6) is 0. The molecule has 0 spiro atoms. The number of benzene rings is 6. The minimum absolute atomic E-state index is 0.156. The van der Waals surface area contributed by atoms with E-state index < -0.39 is 5.41 Å². The van der Waals surface area contributed by atoms with Crippen LogP contribution in [0.1, 0.15) is 22.3 Å². The number of anilines is 3. The number of rotatable bonds is 3. The third-order valence-corrected chi connectivity index (χ3v) is 8.59. The third kappa shape index (κ3) is 3.03. The molecule has 2 heteroatoms. The molecule has 0 aromatic heterocycles. The van der Waals surface area contributed by atoms with Gasteiger partial charge in [-0.15, -0.1) is 0 Å². The van der Waals surface area contributed by atoms with Crippen molar-refractivity contribution in [3.8, 4) is 0 Å². The maximum absolute atomic E-state index is 2.53. The predicted octanol–water partition coefficient (Wildman–Crippen LogP) is 6.68. The Labute approximate surface area is 230 Å². The van der Waals surface area contributed by atoms with Crippen molar-refractivity contribution in [1.82, 2.24) is 0 Å². The molecular formula is C37H26BN. The third-order valence-electron chi connectivity index (χ3n) is 8.59. The molecule has 182 valence electrons. The van der Waals surface area contributed by atoms with E-state index in [4.69, 9.17) is 0 Å². The Hall–Kier alpha value is -4.82. The first-order chi connectivity index (χ1) is 19.4. The first-order valence-electron chi connectivity index (χ1n) is 13.7. The van der Waals surface area contributed by atoms with E-state index in [-0.39, 0.29) is 6.71 Å². The van der Waals surface area contributed by atoms with Crippen molar-refractivity contribution >= 4 is 40.2 Å². The molecular weight excluding hydrogens is 469 g/mol. The van der Waals surface area contributed by atoms with E-state index in [1.165, 1.54) is 55.7 Å². The lowest BCUT2D eigenvalue weighted by atomic mass is 9.34. The quantitative estimate of drug-likeness (QED) is 0.247. The van der Waals surface area contributed by atoms with Gasteiger partial charge in [-0.05, 0) is 45.3 Å². The number of hydrogen-bond acceptors (Lipinski definition) is 1. The van der Waals surface area contributed by atoms with Gasteiger partial charge < -0.3 is 4.90 Å². The maximum Gasteiger partial charge on any atom is 0.246 e. The zero-order valence-electron chi connectivity index (χ0n) is 21.5. The van der Waals surface area contributed by atoms with Gasteiger partial charge in [0.05, 0.1) is 11.1 Å². The molecule has 2 heterocycles. The van der Waals surface area contributed by atoms with Gasteiger partial charge in [0, 0.05) is 11.4 Å². The number of fused-ring (bicyclic) bond motifs is 4. The molecule has 0 bridgehead atoms. The summed E-state index contributed by atoms with van der Waals surface area (Å²) in [5.41, 5.74) is 12.6. The normalized spacial score (nSPS) is 14.3. The van der Waals surface area contributed by atoms with E-state index >= 15 is 0 Å². The molecule has 0 amide bonds. The van der Waals surface area contributed by atoms with Crippen molar-refractivity contribution < 1.29 is 0 Å². The van der Waals surface area contributed by atoms with Gasteiger partial charge in [-0.2, -0.15) is 0 Å². The van der Waals surface area contributed by atoms with E-state index in [1.807, 2.05) is 0 Å². The average molecular weight is 495 g/mol. The van der Waals surface area contributed by atoms with Crippen LogP contribution in [0.3, 0.4) is 0 Å². The molecule has 0 unspecified atom stereocenters. The number of nitrogens with zero attached hydrogens (tertiary/aromatic N) is 1. The molecule has 8 rings (SSSR count). The van der Waals surface area contributed by atoms with Crippen LogP contribution in [0, 0.1) is 0 Å². The lowest BCUT2D eigenvalue weighted by Gasteiger charge is -2.49. The minimum Gasteiger partial charge on any atom is -0.311 e. The van der Waals surface area contributed by atoms with Gasteiger partial charge in [-0.3, -0.25) is 0 Å². The molecule has 2 aliphatic rings. The SMILES string of the molecule is c1ccc(B2c3ccccc3N3c4ccccc4C(c4ccccc4)(c4ccccc4)c4cccc2c43)cc1. The Morgan fingerprint density at radius 3 is 1.62 bits per heavy atom. The van der Waals surface area contributed by atoms with Gasteiger partial charge in [0.25, 0.3) is 0 Å². The summed E-state index contributed by atoms with van der Waals surface area (Å²) in [4.78, 5) is 2.53. The Morgan fingerprint density at radius 1 is 0.410 bits per heavy atom. The van der Waals surface area contributed by atoms with Crippen LogP contribution in [0.2, 0.25) is 0 Å². The van der Waals surface area contributed by atoms with Gasteiger partial charge >= 0.3 is 0 Å². The fourth-order valence-electron chi connectivity index (χ4n) is 7.12. The number of para-hydroxylation sites is 3. The Kier molecular flexibility index (Phi) is 4.90. The maximum atomic E-state index is 2.53. The molecule has 0 N–H and O–H groups in total. The van der Waals surface area contributed by atoms with Crippen LogP contribution in [0.5, 0.6) is 0 Å². The van der Waals surface area contributed by atoms with E-state index in [2.05, 4.69) is 163 Å². The topological polar surface area (TPSA) is 3.24 Å². The molecule has 2 aliphatic heterocycles. The molecule has 6 aromatic rings. The van der Waals surface area contributed by atoms with Crippen molar-refractivity contribution in [3.63, 3.8) is 0 Å². The summed E-state index contributed by atoms with van der Waals surface area (Å²) < 4.78 is 0. The molecule has 0 atom stereocenters. The van der Waals surface area contributed by atoms with Crippen LogP contribution in [-0.2, 0) is 5.41 Å².